The van der Waals surface area contributed by atoms with Gasteiger partial charge in [0, 0.05) is 23.3 Å². The second-order valence-electron chi connectivity index (χ2n) is 6.44. The first-order chi connectivity index (χ1) is 13.6. The number of ether oxygens (including phenoxy) is 2. The lowest BCUT2D eigenvalue weighted by Crippen LogP contribution is -2.04. The van der Waals surface area contributed by atoms with E-state index in [1.54, 1.807) is 18.2 Å². The molecular formula is C23H24ClNO3. The number of nitrogens with one attached hydrogen (secondary N) is 1. The first-order valence-corrected chi connectivity index (χ1v) is 9.60. The summed E-state index contributed by atoms with van der Waals surface area (Å²) in [5.41, 5.74) is 4.11. The third kappa shape index (κ3) is 5.11. The molecule has 5 heteroatoms. The Hall–Kier alpha value is -2.85. The number of anilines is 1. The Morgan fingerprint density at radius 2 is 1.64 bits per heavy atom. The van der Waals surface area contributed by atoms with Crippen molar-refractivity contribution in [1.29, 1.82) is 0 Å². The summed E-state index contributed by atoms with van der Waals surface area (Å²) in [6.07, 6.45) is 0. The Morgan fingerprint density at radius 3 is 2.36 bits per heavy atom. The highest BCUT2D eigenvalue weighted by Crippen LogP contribution is 2.35. The molecule has 0 atom stereocenters. The monoisotopic (exact) mass is 397 g/mol. The number of hydrogen-bond acceptors (Lipinski definition) is 4. The van der Waals surface area contributed by atoms with E-state index in [4.69, 9.17) is 21.1 Å². The van der Waals surface area contributed by atoms with Crippen LogP contribution in [0, 0.1) is 6.92 Å². The molecule has 28 heavy (non-hydrogen) atoms. The molecule has 146 valence electrons. The highest BCUT2D eigenvalue weighted by atomic mass is 35.5. The average Bonchev–Trinajstić information content (AvgIpc) is 2.69. The molecule has 0 spiro atoms. The maximum absolute atomic E-state index is 9.38. The first-order valence-electron chi connectivity index (χ1n) is 9.22. The molecule has 4 nitrogen and oxygen atoms in total. The van der Waals surface area contributed by atoms with Crippen LogP contribution >= 0.6 is 11.6 Å². The van der Waals surface area contributed by atoms with Crippen LogP contribution in [-0.4, -0.2) is 11.7 Å². The van der Waals surface area contributed by atoms with Crippen molar-refractivity contribution in [1.82, 2.24) is 0 Å². The smallest absolute Gasteiger partial charge is 0.163 e. The number of hydrogen-bond donors (Lipinski definition) is 2. The number of phenols is 1. The third-order valence-electron chi connectivity index (χ3n) is 4.41. The van der Waals surface area contributed by atoms with Gasteiger partial charge in [-0.2, -0.15) is 0 Å². The van der Waals surface area contributed by atoms with E-state index < -0.39 is 0 Å². The van der Waals surface area contributed by atoms with Crippen LogP contribution in [0.2, 0.25) is 5.02 Å². The van der Waals surface area contributed by atoms with E-state index in [9.17, 15) is 5.11 Å². The molecule has 3 aromatic rings. The number of halogens is 1. The zero-order valence-corrected chi connectivity index (χ0v) is 16.8. The molecule has 0 aliphatic rings. The van der Waals surface area contributed by atoms with Crippen LogP contribution < -0.4 is 14.8 Å². The summed E-state index contributed by atoms with van der Waals surface area (Å²) < 4.78 is 11.8. The van der Waals surface area contributed by atoms with Crippen molar-refractivity contribution in [3.63, 3.8) is 0 Å². The van der Waals surface area contributed by atoms with E-state index in [0.717, 1.165) is 16.8 Å². The van der Waals surface area contributed by atoms with Gasteiger partial charge < -0.3 is 19.9 Å². The summed E-state index contributed by atoms with van der Waals surface area (Å²) in [5, 5.41) is 13.3. The fraction of sp³-hybridized carbons (Fsp3) is 0.217. The Morgan fingerprint density at radius 1 is 0.929 bits per heavy atom. The second kappa shape index (κ2) is 9.38. The topological polar surface area (TPSA) is 50.7 Å². The largest absolute Gasteiger partial charge is 0.508 e. The SMILES string of the molecule is CCOc1cc(CNc2ccc(O)cc2)c(Cl)cc1OCc1ccccc1C. The van der Waals surface area contributed by atoms with Crippen molar-refractivity contribution in [2.45, 2.75) is 27.0 Å². The van der Waals surface area contributed by atoms with Crippen LogP contribution in [0.5, 0.6) is 17.2 Å². The van der Waals surface area contributed by atoms with Crippen molar-refractivity contribution in [3.05, 3.63) is 82.4 Å². The molecule has 0 saturated heterocycles. The average molecular weight is 398 g/mol. The van der Waals surface area contributed by atoms with Crippen molar-refractivity contribution in [2.75, 3.05) is 11.9 Å². The van der Waals surface area contributed by atoms with E-state index in [-0.39, 0.29) is 5.75 Å². The van der Waals surface area contributed by atoms with Crippen LogP contribution in [0.25, 0.3) is 0 Å². The van der Waals surface area contributed by atoms with Crippen LogP contribution in [0.4, 0.5) is 5.69 Å². The van der Waals surface area contributed by atoms with Gasteiger partial charge in [0.25, 0.3) is 0 Å². The highest BCUT2D eigenvalue weighted by molar-refractivity contribution is 6.31. The summed E-state index contributed by atoms with van der Waals surface area (Å²) >= 11 is 6.49. The van der Waals surface area contributed by atoms with Crippen LogP contribution in [0.15, 0.2) is 60.7 Å². The molecule has 0 bridgehead atoms. The van der Waals surface area contributed by atoms with Crippen molar-refractivity contribution < 1.29 is 14.6 Å². The van der Waals surface area contributed by atoms with Crippen LogP contribution in [0.1, 0.15) is 23.6 Å². The molecule has 3 rings (SSSR count). The van der Waals surface area contributed by atoms with Gasteiger partial charge in [0.2, 0.25) is 0 Å². The van der Waals surface area contributed by atoms with Gasteiger partial charge in [-0.3, -0.25) is 0 Å². The van der Waals surface area contributed by atoms with Gasteiger partial charge in [-0.25, -0.2) is 0 Å². The van der Waals surface area contributed by atoms with E-state index in [1.165, 1.54) is 5.56 Å². The van der Waals surface area contributed by atoms with E-state index in [1.807, 2.05) is 43.3 Å². The molecule has 0 amide bonds. The van der Waals surface area contributed by atoms with Crippen LogP contribution in [0.3, 0.4) is 0 Å². The van der Waals surface area contributed by atoms with Gasteiger partial charge in [0.15, 0.2) is 11.5 Å². The fourth-order valence-corrected chi connectivity index (χ4v) is 3.02. The lowest BCUT2D eigenvalue weighted by molar-refractivity contribution is 0.268. The molecule has 0 aliphatic carbocycles. The first kappa shape index (κ1) is 19.9. The van der Waals surface area contributed by atoms with Crippen molar-refractivity contribution in [3.8, 4) is 17.2 Å². The van der Waals surface area contributed by atoms with Crippen LogP contribution in [-0.2, 0) is 13.2 Å². The van der Waals surface area contributed by atoms with Gasteiger partial charge in [0.05, 0.1) is 6.61 Å². The van der Waals surface area contributed by atoms with Crippen molar-refractivity contribution in [2.24, 2.45) is 0 Å². The molecule has 0 aliphatic heterocycles. The minimum atomic E-state index is 0.234. The van der Waals surface area contributed by atoms with Gasteiger partial charge in [0.1, 0.15) is 12.4 Å². The molecule has 3 aromatic carbocycles. The van der Waals surface area contributed by atoms with Gasteiger partial charge in [-0.1, -0.05) is 35.9 Å². The van der Waals surface area contributed by atoms with Gasteiger partial charge >= 0.3 is 0 Å². The molecular weight excluding hydrogens is 374 g/mol. The summed E-state index contributed by atoms with van der Waals surface area (Å²) in [4.78, 5) is 0. The molecule has 0 radical (unpaired) electrons. The summed E-state index contributed by atoms with van der Waals surface area (Å²) in [6.45, 7) is 5.52. The zero-order chi connectivity index (χ0) is 19.9. The Labute approximate surface area is 170 Å². The predicted molar refractivity (Wildman–Crippen MR) is 114 cm³/mol. The zero-order valence-electron chi connectivity index (χ0n) is 16.0. The molecule has 0 saturated carbocycles. The number of aryl methyl sites for hydroxylation is 1. The Kier molecular flexibility index (Phi) is 6.66. The minimum Gasteiger partial charge on any atom is -0.508 e. The Bertz CT molecular complexity index is 926. The number of rotatable bonds is 8. The van der Waals surface area contributed by atoms with E-state index in [0.29, 0.717) is 36.3 Å². The van der Waals surface area contributed by atoms with E-state index in [2.05, 4.69) is 18.3 Å². The maximum atomic E-state index is 9.38. The number of aromatic hydroxyl groups is 1. The Balaban J connectivity index is 1.75. The third-order valence-corrected chi connectivity index (χ3v) is 4.76. The normalized spacial score (nSPS) is 10.5. The minimum absolute atomic E-state index is 0.234. The second-order valence-corrected chi connectivity index (χ2v) is 6.85. The van der Waals surface area contributed by atoms with Gasteiger partial charge in [-0.05, 0) is 60.9 Å². The molecule has 0 heterocycles. The summed E-state index contributed by atoms with van der Waals surface area (Å²) in [6, 6.07) is 18.7. The number of phenolic OH excluding ortho intramolecular Hbond substituents is 1. The van der Waals surface area contributed by atoms with E-state index >= 15 is 0 Å². The molecule has 0 aromatic heterocycles. The standard InChI is InChI=1S/C23H24ClNO3/c1-3-27-22-12-18(14-25-19-8-10-20(26)11-9-19)21(24)13-23(22)28-15-17-7-5-4-6-16(17)2/h4-13,25-26H,3,14-15H2,1-2H3. The number of benzene rings is 3. The highest BCUT2D eigenvalue weighted by Gasteiger charge is 2.12. The molecule has 0 unspecified atom stereocenters. The molecule has 0 fully saturated rings. The summed E-state index contributed by atoms with van der Waals surface area (Å²) in [7, 11) is 0. The van der Waals surface area contributed by atoms with Gasteiger partial charge in [-0.15, -0.1) is 0 Å². The lowest BCUT2D eigenvalue weighted by Gasteiger charge is -2.16. The van der Waals surface area contributed by atoms with Crippen molar-refractivity contribution >= 4 is 17.3 Å². The molecule has 2 N–H and O–H groups in total. The lowest BCUT2D eigenvalue weighted by atomic mass is 10.1. The maximum Gasteiger partial charge on any atom is 0.163 e. The quantitative estimate of drug-likeness (QED) is 0.461. The summed E-state index contributed by atoms with van der Waals surface area (Å²) in [5.74, 6) is 1.53. The fourth-order valence-electron chi connectivity index (χ4n) is 2.80. The predicted octanol–water partition coefficient (Wildman–Crippen LogP) is 5.94.